The van der Waals surface area contributed by atoms with Crippen LogP contribution in [0.3, 0.4) is 0 Å². The van der Waals surface area contributed by atoms with Gasteiger partial charge in [0.2, 0.25) is 0 Å². The molecule has 2 aromatic rings. The van der Waals surface area contributed by atoms with Crippen molar-refractivity contribution in [3.8, 4) is 0 Å². The lowest BCUT2D eigenvalue weighted by Gasteiger charge is -2.05. The van der Waals surface area contributed by atoms with Crippen molar-refractivity contribution in [2.45, 2.75) is 0 Å². The lowest BCUT2D eigenvalue weighted by atomic mass is 10.5. The summed E-state index contributed by atoms with van der Waals surface area (Å²) < 4.78 is 1.67. The van der Waals surface area contributed by atoms with E-state index in [0.717, 1.165) is 0 Å². The van der Waals surface area contributed by atoms with Crippen LogP contribution < -0.4 is 11.1 Å². The quantitative estimate of drug-likeness (QED) is 0.749. The van der Waals surface area contributed by atoms with Gasteiger partial charge in [-0.15, -0.1) is 0 Å². The number of hydrogen-bond acceptors (Lipinski definition) is 5. The Morgan fingerprint density at radius 3 is 2.93 bits per heavy atom. The van der Waals surface area contributed by atoms with Crippen LogP contribution in [0.15, 0.2) is 18.6 Å². The maximum atomic E-state index is 5.74. The van der Waals surface area contributed by atoms with E-state index in [1.807, 2.05) is 7.05 Å². The van der Waals surface area contributed by atoms with Gasteiger partial charge in [0, 0.05) is 19.3 Å². The van der Waals surface area contributed by atoms with E-state index < -0.39 is 0 Å². The first-order chi connectivity index (χ1) is 7.16. The highest BCUT2D eigenvalue weighted by Crippen LogP contribution is 2.24. The Balaban J connectivity index is 2.28. The van der Waals surface area contributed by atoms with E-state index in [0.29, 0.717) is 17.3 Å². The minimum absolute atomic E-state index is 0.225. The minimum atomic E-state index is 0.225. The third-order valence-electron chi connectivity index (χ3n) is 1.80. The van der Waals surface area contributed by atoms with Crippen molar-refractivity contribution in [3.63, 3.8) is 0 Å². The molecule has 0 aliphatic carbocycles. The van der Waals surface area contributed by atoms with Crippen LogP contribution in [-0.4, -0.2) is 19.7 Å². The summed E-state index contributed by atoms with van der Waals surface area (Å²) in [5, 5.41) is 7.29. The summed E-state index contributed by atoms with van der Waals surface area (Å²) in [7, 11) is 1.82. The summed E-state index contributed by atoms with van der Waals surface area (Å²) in [6.45, 7) is 0. The number of aromatic nitrogens is 4. The van der Waals surface area contributed by atoms with Gasteiger partial charge in [-0.2, -0.15) is 5.10 Å². The highest BCUT2D eigenvalue weighted by atomic mass is 35.5. The molecule has 0 fully saturated rings. The van der Waals surface area contributed by atoms with Crippen LogP contribution in [0, 0.1) is 0 Å². The number of nitrogen functional groups attached to an aromatic ring is 1. The normalized spacial score (nSPS) is 10.3. The summed E-state index contributed by atoms with van der Waals surface area (Å²) in [6.07, 6.45) is 3.14. The number of nitrogens with zero attached hydrogens (tertiary/aromatic N) is 4. The van der Waals surface area contributed by atoms with Gasteiger partial charge in [-0.3, -0.25) is 4.68 Å². The summed E-state index contributed by atoms with van der Waals surface area (Å²) in [5.41, 5.74) is 5.99. The fourth-order valence-corrected chi connectivity index (χ4v) is 1.21. The third kappa shape index (κ3) is 1.99. The second kappa shape index (κ2) is 3.74. The van der Waals surface area contributed by atoms with Crippen molar-refractivity contribution >= 4 is 28.9 Å². The number of rotatable bonds is 2. The molecule has 6 nitrogen and oxygen atoms in total. The molecule has 78 valence electrons. The Morgan fingerprint density at radius 2 is 2.27 bits per heavy atom. The maximum Gasteiger partial charge on any atom is 0.159 e. The van der Waals surface area contributed by atoms with E-state index in [9.17, 15) is 0 Å². The van der Waals surface area contributed by atoms with Crippen LogP contribution in [0.25, 0.3) is 0 Å². The molecule has 0 saturated heterocycles. The number of aryl methyl sites for hydroxylation is 1. The number of halogens is 1. The van der Waals surface area contributed by atoms with E-state index >= 15 is 0 Å². The predicted molar refractivity (Wildman–Crippen MR) is 57.9 cm³/mol. The second-order valence-electron chi connectivity index (χ2n) is 2.93. The van der Waals surface area contributed by atoms with Crippen molar-refractivity contribution in [2.75, 3.05) is 11.1 Å². The third-order valence-corrected chi connectivity index (χ3v) is 2.10. The molecule has 0 bridgehead atoms. The molecule has 0 radical (unpaired) electrons. The number of nitrogens with two attached hydrogens (primary N) is 1. The first-order valence-electron chi connectivity index (χ1n) is 4.19. The average Bonchev–Trinajstić information content (AvgIpc) is 2.59. The first kappa shape index (κ1) is 9.72. The molecule has 0 atom stereocenters. The van der Waals surface area contributed by atoms with Gasteiger partial charge in [0.1, 0.15) is 12.0 Å². The van der Waals surface area contributed by atoms with E-state index in [4.69, 9.17) is 17.3 Å². The zero-order valence-corrected chi connectivity index (χ0v) is 8.73. The molecule has 0 spiro atoms. The summed E-state index contributed by atoms with van der Waals surface area (Å²) in [5.74, 6) is 1.10. The predicted octanol–water partition coefficient (Wildman–Crippen LogP) is 1.19. The number of hydrogen-bond donors (Lipinski definition) is 2. The van der Waals surface area contributed by atoms with Crippen LogP contribution >= 0.6 is 11.6 Å². The molecule has 3 N–H and O–H groups in total. The van der Waals surface area contributed by atoms with E-state index in [1.165, 1.54) is 6.33 Å². The molecule has 2 rings (SSSR count). The maximum absolute atomic E-state index is 5.74. The Labute approximate surface area is 91.1 Å². The summed E-state index contributed by atoms with van der Waals surface area (Å²) in [4.78, 5) is 7.71. The van der Waals surface area contributed by atoms with Gasteiger partial charge >= 0.3 is 0 Å². The summed E-state index contributed by atoms with van der Waals surface area (Å²) in [6, 6.07) is 1.80. The molecule has 0 aromatic carbocycles. The molecule has 0 saturated carbocycles. The zero-order chi connectivity index (χ0) is 10.8. The van der Waals surface area contributed by atoms with E-state index in [2.05, 4.69) is 20.4 Å². The van der Waals surface area contributed by atoms with Crippen LogP contribution in [0.2, 0.25) is 5.15 Å². The smallest absolute Gasteiger partial charge is 0.159 e. The highest BCUT2D eigenvalue weighted by Gasteiger charge is 2.06. The fraction of sp³-hybridized carbons (Fsp3) is 0.125. The van der Waals surface area contributed by atoms with Gasteiger partial charge in [0.15, 0.2) is 16.8 Å². The van der Waals surface area contributed by atoms with Gasteiger partial charge in [-0.25, -0.2) is 9.97 Å². The van der Waals surface area contributed by atoms with Gasteiger partial charge in [0.25, 0.3) is 0 Å². The number of anilines is 3. The SMILES string of the molecule is Cn1ccc(Nc2ncnc(Cl)c2N)n1. The fourth-order valence-electron chi connectivity index (χ4n) is 1.08. The molecule has 0 aliphatic rings. The van der Waals surface area contributed by atoms with Crippen LogP contribution in [0.5, 0.6) is 0 Å². The lowest BCUT2D eigenvalue weighted by Crippen LogP contribution is -2.01. The molecular formula is C8H9ClN6. The first-order valence-corrected chi connectivity index (χ1v) is 4.57. The Kier molecular flexibility index (Phi) is 2.42. The van der Waals surface area contributed by atoms with Gasteiger partial charge in [-0.05, 0) is 0 Å². The van der Waals surface area contributed by atoms with Gasteiger partial charge < -0.3 is 11.1 Å². The topological polar surface area (TPSA) is 81.7 Å². The highest BCUT2D eigenvalue weighted by molar-refractivity contribution is 6.32. The average molecular weight is 225 g/mol. The van der Waals surface area contributed by atoms with Gasteiger partial charge in [0.05, 0.1) is 0 Å². The van der Waals surface area contributed by atoms with Crippen molar-refractivity contribution in [3.05, 3.63) is 23.7 Å². The van der Waals surface area contributed by atoms with E-state index in [-0.39, 0.29) is 5.15 Å². The molecule has 0 aliphatic heterocycles. The monoisotopic (exact) mass is 224 g/mol. The number of nitrogens with one attached hydrogen (secondary N) is 1. The Hall–Kier alpha value is -1.82. The van der Waals surface area contributed by atoms with Gasteiger partial charge in [-0.1, -0.05) is 11.6 Å². The van der Waals surface area contributed by atoms with Crippen molar-refractivity contribution in [2.24, 2.45) is 7.05 Å². The molecule has 0 amide bonds. The lowest BCUT2D eigenvalue weighted by molar-refractivity contribution is 0.771. The zero-order valence-electron chi connectivity index (χ0n) is 7.98. The molecule has 15 heavy (non-hydrogen) atoms. The summed E-state index contributed by atoms with van der Waals surface area (Å²) >= 11 is 5.74. The molecular weight excluding hydrogens is 216 g/mol. The molecule has 2 heterocycles. The minimum Gasteiger partial charge on any atom is -0.393 e. The standard InChI is InChI=1S/C8H9ClN6/c1-15-3-2-5(14-15)13-8-6(10)7(9)11-4-12-8/h2-4H,10H2,1H3,(H,11,12,13,14). The van der Waals surface area contributed by atoms with Crippen molar-refractivity contribution in [1.29, 1.82) is 0 Å². The van der Waals surface area contributed by atoms with Crippen molar-refractivity contribution in [1.82, 2.24) is 19.7 Å². The van der Waals surface area contributed by atoms with Crippen LogP contribution in [0.1, 0.15) is 0 Å². The largest absolute Gasteiger partial charge is 0.393 e. The van der Waals surface area contributed by atoms with E-state index in [1.54, 1.807) is 16.9 Å². The molecule has 0 unspecified atom stereocenters. The second-order valence-corrected chi connectivity index (χ2v) is 3.28. The molecule has 7 heteroatoms. The van der Waals surface area contributed by atoms with Crippen molar-refractivity contribution < 1.29 is 0 Å². The van der Waals surface area contributed by atoms with Crippen LogP contribution in [-0.2, 0) is 7.05 Å². The van der Waals surface area contributed by atoms with Crippen LogP contribution in [0.4, 0.5) is 17.3 Å². The Morgan fingerprint density at radius 1 is 1.47 bits per heavy atom. The molecule has 2 aromatic heterocycles. The Bertz CT molecular complexity index is 480.